The summed E-state index contributed by atoms with van der Waals surface area (Å²) in [5.41, 5.74) is 1.26. The molecule has 0 spiro atoms. The number of H-pyrrole nitrogens is 1. The van der Waals surface area contributed by atoms with Crippen molar-refractivity contribution in [3.63, 3.8) is 0 Å². The number of halogens is 1. The van der Waals surface area contributed by atoms with Crippen molar-refractivity contribution in [3.05, 3.63) is 68.9 Å². The van der Waals surface area contributed by atoms with Crippen molar-refractivity contribution in [2.24, 2.45) is 0 Å². The Bertz CT molecular complexity index is 1280. The van der Waals surface area contributed by atoms with Gasteiger partial charge in [-0.15, -0.1) is 0 Å². The Morgan fingerprint density at radius 1 is 1.19 bits per heavy atom. The molecule has 8 nitrogen and oxygen atoms in total. The maximum absolute atomic E-state index is 15.7. The van der Waals surface area contributed by atoms with Gasteiger partial charge in [-0.3, -0.25) is 14.4 Å². The van der Waals surface area contributed by atoms with Crippen LogP contribution >= 0.6 is 0 Å². The van der Waals surface area contributed by atoms with Crippen molar-refractivity contribution in [2.75, 3.05) is 32.8 Å². The quantitative estimate of drug-likeness (QED) is 0.626. The maximum Gasteiger partial charge on any atom is 0.272 e. The van der Waals surface area contributed by atoms with Gasteiger partial charge >= 0.3 is 0 Å². The van der Waals surface area contributed by atoms with E-state index in [9.17, 15) is 14.4 Å². The van der Waals surface area contributed by atoms with E-state index in [1.807, 2.05) is 0 Å². The third-order valence-corrected chi connectivity index (χ3v) is 6.08. The molecule has 2 aromatic carbocycles. The predicted molar refractivity (Wildman–Crippen MR) is 114 cm³/mol. The van der Waals surface area contributed by atoms with E-state index in [0.717, 1.165) is 12.0 Å². The fourth-order valence-electron chi connectivity index (χ4n) is 4.37. The summed E-state index contributed by atoms with van der Waals surface area (Å²) in [4.78, 5) is 39.5. The summed E-state index contributed by atoms with van der Waals surface area (Å²) >= 11 is 0. The van der Waals surface area contributed by atoms with Crippen LogP contribution in [-0.2, 0) is 17.6 Å². The zero-order chi connectivity index (χ0) is 22.2. The SMILES string of the molecule is O=CN1CCN(C(=O)c2c(F)c(Cc3n[nH]c(=O)c4ccccc34)cc3c2OCC3)CC1. The Balaban J connectivity index is 1.54. The van der Waals surface area contributed by atoms with Crippen LogP contribution in [0.2, 0.25) is 0 Å². The molecule has 1 saturated heterocycles. The predicted octanol–water partition coefficient (Wildman–Crippen LogP) is 1.50. The summed E-state index contributed by atoms with van der Waals surface area (Å²) in [6.07, 6.45) is 1.46. The Morgan fingerprint density at radius 3 is 2.69 bits per heavy atom. The van der Waals surface area contributed by atoms with E-state index in [1.54, 1.807) is 40.1 Å². The number of piperazine rings is 1. The number of aromatic nitrogens is 2. The number of fused-ring (bicyclic) bond motifs is 2. The van der Waals surface area contributed by atoms with Crippen molar-refractivity contribution in [2.45, 2.75) is 12.8 Å². The first-order chi connectivity index (χ1) is 15.6. The molecule has 0 unspecified atom stereocenters. The molecule has 32 heavy (non-hydrogen) atoms. The van der Waals surface area contributed by atoms with Gasteiger partial charge in [-0.1, -0.05) is 18.2 Å². The second-order valence-corrected chi connectivity index (χ2v) is 7.97. The third kappa shape index (κ3) is 3.39. The molecule has 0 aliphatic carbocycles. The van der Waals surface area contributed by atoms with Crippen LogP contribution in [0.3, 0.4) is 0 Å². The minimum absolute atomic E-state index is 0.0664. The number of carbonyl (C=O) groups is 2. The molecule has 0 saturated carbocycles. The Labute approximate surface area is 182 Å². The fourth-order valence-corrected chi connectivity index (χ4v) is 4.37. The number of carbonyl (C=O) groups excluding carboxylic acids is 2. The number of nitrogens with one attached hydrogen (secondary N) is 1. The van der Waals surface area contributed by atoms with Crippen molar-refractivity contribution >= 4 is 23.1 Å². The van der Waals surface area contributed by atoms with Crippen LogP contribution in [0.15, 0.2) is 35.1 Å². The normalized spacial score (nSPS) is 15.5. The van der Waals surface area contributed by atoms with Gasteiger partial charge in [0.15, 0.2) is 0 Å². The third-order valence-electron chi connectivity index (χ3n) is 6.08. The lowest BCUT2D eigenvalue weighted by molar-refractivity contribution is -0.119. The topological polar surface area (TPSA) is 95.6 Å². The van der Waals surface area contributed by atoms with Gasteiger partial charge in [0, 0.05) is 44.4 Å². The Hall–Kier alpha value is -3.75. The largest absolute Gasteiger partial charge is 0.492 e. The number of hydrogen-bond acceptors (Lipinski definition) is 5. The number of hydrogen-bond donors (Lipinski definition) is 1. The summed E-state index contributed by atoms with van der Waals surface area (Å²) in [7, 11) is 0. The molecule has 1 fully saturated rings. The lowest BCUT2D eigenvalue weighted by Crippen LogP contribution is -2.48. The van der Waals surface area contributed by atoms with Crippen LogP contribution in [0.5, 0.6) is 5.75 Å². The zero-order valence-corrected chi connectivity index (χ0v) is 17.3. The van der Waals surface area contributed by atoms with Crippen molar-refractivity contribution in [3.8, 4) is 5.75 Å². The van der Waals surface area contributed by atoms with Gasteiger partial charge < -0.3 is 14.5 Å². The summed E-state index contributed by atoms with van der Waals surface area (Å²) < 4.78 is 21.4. The number of ether oxygens (including phenoxy) is 1. The van der Waals surface area contributed by atoms with Gasteiger partial charge in [-0.25, -0.2) is 9.49 Å². The summed E-state index contributed by atoms with van der Waals surface area (Å²) in [6, 6.07) is 8.75. The molecule has 1 aromatic heterocycles. The van der Waals surface area contributed by atoms with Gasteiger partial charge in [0.1, 0.15) is 17.1 Å². The van der Waals surface area contributed by atoms with Gasteiger partial charge in [-0.05, 0) is 23.3 Å². The van der Waals surface area contributed by atoms with E-state index in [0.29, 0.717) is 67.0 Å². The highest BCUT2D eigenvalue weighted by atomic mass is 19.1. The molecule has 0 radical (unpaired) electrons. The summed E-state index contributed by atoms with van der Waals surface area (Å²) in [5, 5.41) is 7.74. The van der Waals surface area contributed by atoms with E-state index in [4.69, 9.17) is 4.74 Å². The minimum Gasteiger partial charge on any atom is -0.492 e. The van der Waals surface area contributed by atoms with Crippen molar-refractivity contribution in [1.82, 2.24) is 20.0 Å². The van der Waals surface area contributed by atoms with Crippen LogP contribution in [-0.4, -0.2) is 65.1 Å². The van der Waals surface area contributed by atoms with Crippen molar-refractivity contribution in [1.29, 1.82) is 0 Å². The molecule has 0 atom stereocenters. The number of nitrogens with zero attached hydrogens (tertiary/aromatic N) is 3. The molecule has 5 rings (SSSR count). The monoisotopic (exact) mass is 436 g/mol. The van der Waals surface area contributed by atoms with Crippen LogP contribution in [0.4, 0.5) is 4.39 Å². The molecule has 2 aliphatic heterocycles. The van der Waals surface area contributed by atoms with Crippen LogP contribution in [0.1, 0.15) is 27.2 Å². The molecule has 2 amide bonds. The van der Waals surface area contributed by atoms with Crippen LogP contribution < -0.4 is 10.3 Å². The number of rotatable bonds is 4. The standard InChI is InChI=1S/C23H21FN4O4/c24-20-15(12-18-16-3-1-2-4-17(16)22(30)26-25-18)11-14-5-10-32-21(14)19(20)23(31)28-8-6-27(13-29)7-9-28/h1-4,11,13H,5-10,12H2,(H,26,30). The minimum atomic E-state index is -0.634. The Morgan fingerprint density at radius 2 is 1.94 bits per heavy atom. The number of amides is 2. The van der Waals surface area contributed by atoms with Gasteiger partial charge in [0.25, 0.3) is 11.5 Å². The van der Waals surface area contributed by atoms with E-state index < -0.39 is 11.7 Å². The molecule has 1 N–H and O–H groups in total. The maximum atomic E-state index is 15.7. The molecule has 9 heteroatoms. The molecule has 0 bridgehead atoms. The lowest BCUT2D eigenvalue weighted by atomic mass is 9.97. The first-order valence-electron chi connectivity index (χ1n) is 10.5. The average Bonchev–Trinajstić information content (AvgIpc) is 3.29. The fraction of sp³-hybridized carbons (Fsp3) is 0.304. The molecule has 3 aromatic rings. The molecule has 2 aliphatic rings. The van der Waals surface area contributed by atoms with E-state index >= 15 is 4.39 Å². The Kier molecular flexibility index (Phi) is 5.08. The molecular weight excluding hydrogens is 415 g/mol. The van der Waals surface area contributed by atoms with Crippen molar-refractivity contribution < 1.29 is 18.7 Å². The summed E-state index contributed by atoms with van der Waals surface area (Å²) in [5.74, 6) is -0.772. The molecule has 3 heterocycles. The highest BCUT2D eigenvalue weighted by Crippen LogP contribution is 2.35. The zero-order valence-electron chi connectivity index (χ0n) is 17.3. The lowest BCUT2D eigenvalue weighted by Gasteiger charge is -2.33. The van der Waals surface area contributed by atoms with Gasteiger partial charge in [0.05, 0.1) is 17.7 Å². The van der Waals surface area contributed by atoms with Gasteiger partial charge in [0.2, 0.25) is 6.41 Å². The molecular formula is C23H21FN4O4. The van der Waals surface area contributed by atoms with Crippen LogP contribution in [0, 0.1) is 5.82 Å². The van der Waals surface area contributed by atoms with E-state index in [-0.39, 0.29) is 17.5 Å². The first kappa shape index (κ1) is 20.2. The van der Waals surface area contributed by atoms with E-state index in [1.165, 1.54) is 0 Å². The smallest absolute Gasteiger partial charge is 0.272 e. The number of benzene rings is 2. The second-order valence-electron chi connectivity index (χ2n) is 7.97. The average molecular weight is 436 g/mol. The number of aromatic amines is 1. The summed E-state index contributed by atoms with van der Waals surface area (Å²) in [6.45, 7) is 1.88. The van der Waals surface area contributed by atoms with Gasteiger partial charge in [-0.2, -0.15) is 5.10 Å². The van der Waals surface area contributed by atoms with Crippen LogP contribution in [0.25, 0.3) is 10.8 Å². The molecule has 164 valence electrons. The first-order valence-corrected chi connectivity index (χ1v) is 10.5. The van der Waals surface area contributed by atoms with E-state index in [2.05, 4.69) is 10.2 Å². The highest BCUT2D eigenvalue weighted by molar-refractivity contribution is 5.98. The highest BCUT2D eigenvalue weighted by Gasteiger charge is 2.32. The second kappa shape index (κ2) is 8.07.